The van der Waals surface area contributed by atoms with Crippen LogP contribution in [0.2, 0.25) is 0 Å². The highest BCUT2D eigenvalue weighted by Crippen LogP contribution is 2.23. The van der Waals surface area contributed by atoms with Crippen molar-refractivity contribution in [3.63, 3.8) is 0 Å². The molecule has 6 heteroatoms. The van der Waals surface area contributed by atoms with Crippen molar-refractivity contribution in [2.24, 2.45) is 0 Å². The largest absolute Gasteiger partial charge is 0.391 e. The van der Waals surface area contributed by atoms with Crippen LogP contribution in [0.4, 0.5) is 18.3 Å². The Kier molecular flexibility index (Phi) is 3.13. The summed E-state index contributed by atoms with van der Waals surface area (Å²) < 4.78 is 35.6. The third kappa shape index (κ3) is 4.12. The first-order chi connectivity index (χ1) is 5.97. The minimum atomic E-state index is -4.12. The summed E-state index contributed by atoms with van der Waals surface area (Å²) in [5, 5.41) is 4.90. The number of alkyl halides is 3. The van der Waals surface area contributed by atoms with Crippen LogP contribution in [-0.2, 0) is 0 Å². The number of nitrogens with zero attached hydrogens (tertiary/aromatic N) is 1. The molecule has 1 N–H and O–H groups in total. The second-order valence-electron chi connectivity index (χ2n) is 2.70. The van der Waals surface area contributed by atoms with E-state index in [0.717, 1.165) is 0 Å². The summed E-state index contributed by atoms with van der Waals surface area (Å²) in [7, 11) is 0. The zero-order valence-electron chi connectivity index (χ0n) is 6.93. The van der Waals surface area contributed by atoms with Crippen molar-refractivity contribution in [2.45, 2.75) is 25.6 Å². The minimum absolute atomic E-state index is 0.525. The fraction of sp³-hybridized carbons (Fsp3) is 0.571. The van der Waals surface area contributed by atoms with E-state index in [2.05, 4.69) is 10.3 Å². The van der Waals surface area contributed by atoms with E-state index in [0.29, 0.717) is 5.13 Å². The van der Waals surface area contributed by atoms with E-state index < -0.39 is 18.6 Å². The molecule has 0 aliphatic heterocycles. The van der Waals surface area contributed by atoms with Gasteiger partial charge in [0, 0.05) is 17.6 Å². The quantitative estimate of drug-likeness (QED) is 0.829. The Bertz CT molecular complexity index is 245. The first-order valence-electron chi connectivity index (χ1n) is 3.70. The van der Waals surface area contributed by atoms with Crippen LogP contribution in [0.25, 0.3) is 0 Å². The molecule has 0 bridgehead atoms. The summed E-state index contributed by atoms with van der Waals surface area (Å²) in [4.78, 5) is 3.83. The Morgan fingerprint density at radius 2 is 2.31 bits per heavy atom. The molecule has 0 aromatic carbocycles. The van der Waals surface area contributed by atoms with E-state index in [-0.39, 0.29) is 0 Å². The normalized spacial score (nSPS) is 14.2. The Morgan fingerprint density at radius 3 is 2.77 bits per heavy atom. The summed E-state index contributed by atoms with van der Waals surface area (Å²) in [5.74, 6) is 0. The molecule has 1 aromatic heterocycles. The van der Waals surface area contributed by atoms with Crippen LogP contribution in [0, 0.1) is 0 Å². The van der Waals surface area contributed by atoms with Crippen LogP contribution in [0.5, 0.6) is 0 Å². The van der Waals surface area contributed by atoms with Gasteiger partial charge in [0.2, 0.25) is 0 Å². The van der Waals surface area contributed by atoms with Gasteiger partial charge in [0.15, 0.2) is 5.13 Å². The number of thiazole rings is 1. The molecule has 1 unspecified atom stereocenters. The van der Waals surface area contributed by atoms with Crippen LogP contribution >= 0.6 is 11.3 Å². The molecule has 1 atom stereocenters. The lowest BCUT2D eigenvalue weighted by molar-refractivity contribution is -0.136. The van der Waals surface area contributed by atoms with Gasteiger partial charge >= 0.3 is 6.18 Å². The highest BCUT2D eigenvalue weighted by Gasteiger charge is 2.30. The molecule has 2 nitrogen and oxygen atoms in total. The average Bonchev–Trinajstić information content (AvgIpc) is 2.34. The first-order valence-corrected chi connectivity index (χ1v) is 4.58. The second-order valence-corrected chi connectivity index (χ2v) is 3.60. The molecule has 0 radical (unpaired) electrons. The van der Waals surface area contributed by atoms with Crippen molar-refractivity contribution < 1.29 is 13.2 Å². The van der Waals surface area contributed by atoms with Gasteiger partial charge in [0.25, 0.3) is 0 Å². The lowest BCUT2D eigenvalue weighted by Gasteiger charge is -2.14. The molecule has 0 aliphatic rings. The number of anilines is 1. The van der Waals surface area contributed by atoms with Crippen molar-refractivity contribution in [1.29, 1.82) is 0 Å². The molecule has 0 aliphatic carbocycles. The summed E-state index contributed by atoms with van der Waals surface area (Å²) in [6.07, 6.45) is -3.41. The Balaban J connectivity index is 2.38. The van der Waals surface area contributed by atoms with Crippen LogP contribution in [0.1, 0.15) is 13.3 Å². The molecule has 13 heavy (non-hydrogen) atoms. The number of aromatic nitrogens is 1. The minimum Gasteiger partial charge on any atom is -0.359 e. The number of halogens is 3. The number of rotatable bonds is 3. The fourth-order valence-corrected chi connectivity index (χ4v) is 1.55. The average molecular weight is 210 g/mol. The SMILES string of the molecule is CC(CC(F)(F)F)Nc1nccs1. The van der Waals surface area contributed by atoms with Gasteiger partial charge in [-0.15, -0.1) is 11.3 Å². The van der Waals surface area contributed by atoms with Gasteiger partial charge in [-0.2, -0.15) is 13.2 Å². The number of nitrogens with one attached hydrogen (secondary N) is 1. The van der Waals surface area contributed by atoms with Gasteiger partial charge in [-0.25, -0.2) is 4.98 Å². The Morgan fingerprint density at radius 1 is 1.62 bits per heavy atom. The maximum absolute atomic E-state index is 11.9. The van der Waals surface area contributed by atoms with Crippen molar-refractivity contribution in [2.75, 3.05) is 5.32 Å². The van der Waals surface area contributed by atoms with Gasteiger partial charge in [0.1, 0.15) is 0 Å². The van der Waals surface area contributed by atoms with Gasteiger partial charge in [-0.3, -0.25) is 0 Å². The standard InChI is InChI=1S/C7H9F3N2S/c1-5(4-7(8,9)10)12-6-11-2-3-13-6/h2-3,5H,4H2,1H3,(H,11,12). The van der Waals surface area contributed by atoms with E-state index in [1.54, 1.807) is 11.6 Å². The molecule has 74 valence electrons. The van der Waals surface area contributed by atoms with Gasteiger partial charge in [-0.1, -0.05) is 0 Å². The van der Waals surface area contributed by atoms with Gasteiger partial charge < -0.3 is 5.32 Å². The smallest absolute Gasteiger partial charge is 0.359 e. The summed E-state index contributed by atoms with van der Waals surface area (Å²) in [6.45, 7) is 1.48. The fourth-order valence-electron chi connectivity index (χ4n) is 0.904. The first kappa shape index (κ1) is 10.3. The molecular weight excluding hydrogens is 201 g/mol. The second kappa shape index (κ2) is 3.95. The topological polar surface area (TPSA) is 24.9 Å². The maximum atomic E-state index is 11.9. The van der Waals surface area contributed by atoms with E-state index in [4.69, 9.17) is 0 Å². The van der Waals surface area contributed by atoms with Crippen LogP contribution in [0.15, 0.2) is 11.6 Å². The van der Waals surface area contributed by atoms with E-state index >= 15 is 0 Å². The van der Waals surface area contributed by atoms with Crippen molar-refractivity contribution >= 4 is 16.5 Å². The lowest BCUT2D eigenvalue weighted by atomic mass is 10.2. The van der Waals surface area contributed by atoms with E-state index in [1.807, 2.05) is 0 Å². The molecule has 0 fully saturated rings. The van der Waals surface area contributed by atoms with E-state index in [1.165, 1.54) is 18.3 Å². The molecule has 1 rings (SSSR count). The van der Waals surface area contributed by atoms with Gasteiger partial charge in [-0.05, 0) is 6.92 Å². The highest BCUT2D eigenvalue weighted by atomic mass is 32.1. The van der Waals surface area contributed by atoms with E-state index in [9.17, 15) is 13.2 Å². The van der Waals surface area contributed by atoms with Crippen molar-refractivity contribution in [3.05, 3.63) is 11.6 Å². The molecule has 0 amide bonds. The Hall–Kier alpha value is -0.780. The molecule has 0 saturated carbocycles. The van der Waals surface area contributed by atoms with Crippen molar-refractivity contribution in [1.82, 2.24) is 4.98 Å². The summed E-state index contributed by atoms with van der Waals surface area (Å²) in [5.41, 5.74) is 0. The molecule has 0 saturated heterocycles. The summed E-state index contributed by atoms with van der Waals surface area (Å²) >= 11 is 1.29. The zero-order valence-corrected chi connectivity index (χ0v) is 7.75. The third-order valence-corrected chi connectivity index (χ3v) is 2.04. The molecular formula is C7H9F3N2S. The molecule has 1 heterocycles. The third-order valence-electron chi connectivity index (χ3n) is 1.34. The zero-order chi connectivity index (χ0) is 9.90. The molecule has 0 spiro atoms. The monoisotopic (exact) mass is 210 g/mol. The molecule has 1 aromatic rings. The maximum Gasteiger partial charge on any atom is 0.391 e. The van der Waals surface area contributed by atoms with Crippen LogP contribution in [-0.4, -0.2) is 17.2 Å². The Labute approximate surface area is 77.8 Å². The van der Waals surface area contributed by atoms with Gasteiger partial charge in [0.05, 0.1) is 6.42 Å². The van der Waals surface area contributed by atoms with Crippen LogP contribution < -0.4 is 5.32 Å². The van der Waals surface area contributed by atoms with Crippen LogP contribution in [0.3, 0.4) is 0 Å². The predicted octanol–water partition coefficient (Wildman–Crippen LogP) is 2.90. The predicted molar refractivity (Wildman–Crippen MR) is 45.9 cm³/mol. The van der Waals surface area contributed by atoms with Crippen molar-refractivity contribution in [3.8, 4) is 0 Å². The highest BCUT2D eigenvalue weighted by molar-refractivity contribution is 7.13. The number of hydrogen-bond donors (Lipinski definition) is 1. The lowest BCUT2D eigenvalue weighted by Crippen LogP contribution is -2.23. The number of hydrogen-bond acceptors (Lipinski definition) is 3. The summed E-state index contributed by atoms with van der Waals surface area (Å²) in [6, 6.07) is -0.633.